The maximum absolute atomic E-state index is 3.74. The normalized spacial score (nSPS) is 10.7. The Morgan fingerprint density at radius 1 is 0.406 bits per heavy atom. The molecular formula is C30H22BrN. The zero-order valence-corrected chi connectivity index (χ0v) is 19.1. The Kier molecular flexibility index (Phi) is 5.87. The number of para-hydroxylation sites is 2. The van der Waals surface area contributed by atoms with Crippen LogP contribution in [-0.2, 0) is 0 Å². The summed E-state index contributed by atoms with van der Waals surface area (Å²) >= 11 is 3.74. The molecule has 5 aromatic rings. The Balaban J connectivity index is 1.58. The van der Waals surface area contributed by atoms with Crippen LogP contribution in [0.25, 0.3) is 22.3 Å². The van der Waals surface area contributed by atoms with Crippen molar-refractivity contribution in [1.29, 1.82) is 0 Å². The van der Waals surface area contributed by atoms with E-state index < -0.39 is 0 Å². The minimum absolute atomic E-state index is 1.06. The third kappa shape index (κ3) is 4.10. The Hall–Kier alpha value is -3.62. The Labute approximate surface area is 197 Å². The van der Waals surface area contributed by atoms with Gasteiger partial charge in [0.05, 0.1) is 5.69 Å². The highest BCUT2D eigenvalue weighted by molar-refractivity contribution is 9.10. The Morgan fingerprint density at radius 3 is 1.50 bits per heavy atom. The quantitative estimate of drug-likeness (QED) is 0.244. The molecule has 1 nitrogen and oxygen atoms in total. The molecule has 32 heavy (non-hydrogen) atoms. The van der Waals surface area contributed by atoms with E-state index in [-0.39, 0.29) is 0 Å². The van der Waals surface area contributed by atoms with Gasteiger partial charge in [0.2, 0.25) is 0 Å². The first kappa shape index (κ1) is 20.3. The van der Waals surface area contributed by atoms with Crippen molar-refractivity contribution < 1.29 is 0 Å². The molecule has 0 aliphatic carbocycles. The molecule has 154 valence electrons. The fourth-order valence-corrected chi connectivity index (χ4v) is 4.49. The molecule has 0 aliphatic rings. The van der Waals surface area contributed by atoms with Crippen molar-refractivity contribution in [3.05, 3.63) is 138 Å². The van der Waals surface area contributed by atoms with Crippen LogP contribution < -0.4 is 4.90 Å². The number of halogens is 1. The summed E-state index contributed by atoms with van der Waals surface area (Å²) in [5, 5.41) is 0. The van der Waals surface area contributed by atoms with Crippen LogP contribution in [0.3, 0.4) is 0 Å². The molecule has 0 fully saturated rings. The van der Waals surface area contributed by atoms with Gasteiger partial charge in [0.1, 0.15) is 0 Å². The fourth-order valence-electron chi connectivity index (χ4n) is 4.03. The van der Waals surface area contributed by atoms with Crippen LogP contribution in [-0.4, -0.2) is 0 Å². The molecule has 0 saturated carbocycles. The van der Waals surface area contributed by atoms with E-state index in [2.05, 4.69) is 142 Å². The van der Waals surface area contributed by atoms with E-state index in [1.807, 2.05) is 12.1 Å². The first-order valence-electron chi connectivity index (χ1n) is 10.7. The smallest absolute Gasteiger partial charge is 0.0603 e. The molecule has 5 rings (SSSR count). The van der Waals surface area contributed by atoms with E-state index in [0.29, 0.717) is 0 Å². The summed E-state index contributed by atoms with van der Waals surface area (Å²) in [4.78, 5) is 2.27. The number of nitrogens with zero attached hydrogens (tertiary/aromatic N) is 1. The van der Waals surface area contributed by atoms with Crippen molar-refractivity contribution in [3.63, 3.8) is 0 Å². The van der Waals surface area contributed by atoms with Crippen molar-refractivity contribution >= 4 is 33.0 Å². The van der Waals surface area contributed by atoms with E-state index in [4.69, 9.17) is 0 Å². The van der Waals surface area contributed by atoms with Crippen molar-refractivity contribution in [3.8, 4) is 22.3 Å². The van der Waals surface area contributed by atoms with Crippen molar-refractivity contribution in [2.45, 2.75) is 0 Å². The van der Waals surface area contributed by atoms with Crippen LogP contribution >= 0.6 is 15.9 Å². The lowest BCUT2D eigenvalue weighted by molar-refractivity contribution is 1.27. The molecule has 0 amide bonds. The van der Waals surface area contributed by atoms with Crippen LogP contribution in [0.2, 0.25) is 0 Å². The van der Waals surface area contributed by atoms with E-state index in [9.17, 15) is 0 Å². The first-order valence-corrected chi connectivity index (χ1v) is 11.5. The average molecular weight is 476 g/mol. The van der Waals surface area contributed by atoms with Crippen molar-refractivity contribution in [1.82, 2.24) is 0 Å². The summed E-state index contributed by atoms with van der Waals surface area (Å²) in [5.41, 5.74) is 8.25. The third-order valence-corrected chi connectivity index (χ3v) is 6.23. The highest BCUT2D eigenvalue weighted by atomic mass is 79.9. The maximum atomic E-state index is 3.74. The minimum atomic E-state index is 1.06. The lowest BCUT2D eigenvalue weighted by Crippen LogP contribution is -2.10. The minimum Gasteiger partial charge on any atom is -0.309 e. The second kappa shape index (κ2) is 9.25. The van der Waals surface area contributed by atoms with E-state index >= 15 is 0 Å². The molecule has 0 unspecified atom stereocenters. The topological polar surface area (TPSA) is 3.24 Å². The second-order valence-corrected chi connectivity index (χ2v) is 8.44. The SMILES string of the molecule is Brc1ccccc1N(c1ccccc1)c1ccc(-c2ccccc2-c2ccccc2)cc1. The predicted molar refractivity (Wildman–Crippen MR) is 140 cm³/mol. The van der Waals surface area contributed by atoms with Crippen LogP contribution in [0, 0.1) is 0 Å². The standard InChI is InChI=1S/C30H22BrN/c31-29-17-9-10-18-30(29)32(25-13-5-2-6-14-25)26-21-19-24(20-22-26)28-16-8-7-15-27(28)23-11-3-1-4-12-23/h1-22H. The molecule has 0 N–H and O–H groups in total. The summed E-state index contributed by atoms with van der Waals surface area (Å²) in [6.45, 7) is 0. The summed E-state index contributed by atoms with van der Waals surface area (Å²) in [6, 6.07) is 46.8. The van der Waals surface area contributed by atoms with Gasteiger partial charge in [-0.1, -0.05) is 97.1 Å². The van der Waals surface area contributed by atoms with Crippen LogP contribution in [0.4, 0.5) is 17.1 Å². The van der Waals surface area contributed by atoms with Crippen LogP contribution in [0.1, 0.15) is 0 Å². The summed E-state index contributed by atoms with van der Waals surface area (Å²) in [5.74, 6) is 0. The first-order chi connectivity index (χ1) is 15.8. The lowest BCUT2D eigenvalue weighted by atomic mass is 9.94. The number of benzene rings is 5. The third-order valence-electron chi connectivity index (χ3n) is 5.56. The zero-order valence-electron chi connectivity index (χ0n) is 17.5. The lowest BCUT2D eigenvalue weighted by Gasteiger charge is -2.26. The Bertz CT molecular complexity index is 1310. The number of hydrogen-bond donors (Lipinski definition) is 0. The van der Waals surface area contributed by atoms with Crippen molar-refractivity contribution in [2.75, 3.05) is 4.90 Å². The number of hydrogen-bond acceptors (Lipinski definition) is 1. The van der Waals surface area contributed by atoms with Gasteiger partial charge in [-0.15, -0.1) is 0 Å². The number of rotatable bonds is 5. The molecular weight excluding hydrogens is 454 g/mol. The van der Waals surface area contributed by atoms with E-state index in [1.54, 1.807) is 0 Å². The van der Waals surface area contributed by atoms with Gasteiger partial charge in [0.25, 0.3) is 0 Å². The largest absolute Gasteiger partial charge is 0.309 e. The highest BCUT2D eigenvalue weighted by Crippen LogP contribution is 2.40. The average Bonchev–Trinajstić information content (AvgIpc) is 2.87. The van der Waals surface area contributed by atoms with Gasteiger partial charge >= 0.3 is 0 Å². The van der Waals surface area contributed by atoms with Gasteiger partial charge in [-0.2, -0.15) is 0 Å². The van der Waals surface area contributed by atoms with E-state index in [1.165, 1.54) is 22.3 Å². The van der Waals surface area contributed by atoms with Crippen molar-refractivity contribution in [2.24, 2.45) is 0 Å². The van der Waals surface area contributed by atoms with E-state index in [0.717, 1.165) is 21.5 Å². The molecule has 0 bridgehead atoms. The molecule has 0 atom stereocenters. The molecule has 5 aromatic carbocycles. The van der Waals surface area contributed by atoms with Crippen LogP contribution in [0.15, 0.2) is 138 Å². The van der Waals surface area contributed by atoms with Gasteiger partial charge < -0.3 is 4.90 Å². The second-order valence-electron chi connectivity index (χ2n) is 7.58. The zero-order chi connectivity index (χ0) is 21.8. The molecule has 0 saturated heterocycles. The van der Waals surface area contributed by atoms with Gasteiger partial charge in [-0.25, -0.2) is 0 Å². The molecule has 0 heterocycles. The number of anilines is 3. The summed E-state index contributed by atoms with van der Waals surface area (Å²) < 4.78 is 1.06. The molecule has 0 aliphatic heterocycles. The monoisotopic (exact) mass is 475 g/mol. The predicted octanol–water partition coefficient (Wildman–Crippen LogP) is 9.25. The van der Waals surface area contributed by atoms with Gasteiger partial charge in [-0.3, -0.25) is 0 Å². The van der Waals surface area contributed by atoms with Crippen LogP contribution in [0.5, 0.6) is 0 Å². The Morgan fingerprint density at radius 2 is 0.875 bits per heavy atom. The molecule has 2 heteroatoms. The summed E-state index contributed by atoms with van der Waals surface area (Å²) in [7, 11) is 0. The van der Waals surface area contributed by atoms with Gasteiger partial charge in [0, 0.05) is 15.8 Å². The molecule has 0 radical (unpaired) electrons. The van der Waals surface area contributed by atoms with Gasteiger partial charge in [-0.05, 0) is 74.6 Å². The fraction of sp³-hybridized carbons (Fsp3) is 0. The maximum Gasteiger partial charge on any atom is 0.0603 e. The van der Waals surface area contributed by atoms with Gasteiger partial charge in [0.15, 0.2) is 0 Å². The highest BCUT2D eigenvalue weighted by Gasteiger charge is 2.15. The summed E-state index contributed by atoms with van der Waals surface area (Å²) in [6.07, 6.45) is 0. The molecule has 0 aromatic heterocycles. The molecule has 0 spiro atoms.